The Morgan fingerprint density at radius 3 is 3.04 bits per heavy atom. The van der Waals surface area contributed by atoms with Crippen molar-refractivity contribution in [1.29, 1.82) is 0 Å². The molecule has 1 aliphatic heterocycles. The molecule has 2 aromatic heterocycles. The Balaban J connectivity index is 1.65. The topological polar surface area (TPSA) is 88.2 Å². The third-order valence-corrected chi connectivity index (χ3v) is 5.40. The number of aliphatic hydroxyl groups excluding tert-OH is 1. The molecule has 4 rings (SSSR count). The second-order valence-corrected chi connectivity index (χ2v) is 7.24. The summed E-state index contributed by atoms with van der Waals surface area (Å²) in [6.07, 6.45) is 5.12. The molecule has 3 heterocycles. The zero-order valence-electron chi connectivity index (χ0n) is 14.1. The predicted molar refractivity (Wildman–Crippen MR) is 87.6 cm³/mol. The summed E-state index contributed by atoms with van der Waals surface area (Å²) >= 11 is 0. The summed E-state index contributed by atoms with van der Waals surface area (Å²) in [4.78, 5) is 15.7. The molecule has 2 aliphatic rings. The van der Waals surface area contributed by atoms with Crippen molar-refractivity contribution in [1.82, 2.24) is 20.1 Å². The van der Waals surface area contributed by atoms with Crippen molar-refractivity contribution in [3.8, 4) is 0 Å². The fourth-order valence-electron chi connectivity index (χ4n) is 4.09. The van der Waals surface area contributed by atoms with Crippen molar-refractivity contribution >= 4 is 5.95 Å². The summed E-state index contributed by atoms with van der Waals surface area (Å²) in [6, 6.07) is 1.74. The first-order valence-electron chi connectivity index (χ1n) is 8.64. The summed E-state index contributed by atoms with van der Waals surface area (Å²) in [5, 5.41) is 13.5. The fraction of sp³-hybridized carbons (Fsp3) is 0.647. The van der Waals surface area contributed by atoms with Gasteiger partial charge in [-0.25, -0.2) is 9.97 Å². The number of nitrogens with zero attached hydrogens (tertiary/aromatic N) is 5. The first-order valence-corrected chi connectivity index (χ1v) is 8.64. The van der Waals surface area contributed by atoms with E-state index in [4.69, 9.17) is 9.51 Å². The van der Waals surface area contributed by atoms with E-state index in [0.717, 1.165) is 37.6 Å². The Kier molecular flexibility index (Phi) is 3.75. The molecule has 1 aliphatic carbocycles. The Bertz CT molecular complexity index is 731. The van der Waals surface area contributed by atoms with Crippen LogP contribution in [0.1, 0.15) is 56.4 Å². The van der Waals surface area contributed by atoms with Crippen LogP contribution >= 0.6 is 0 Å². The first kappa shape index (κ1) is 15.5. The third kappa shape index (κ3) is 2.38. The number of hydrogen-bond acceptors (Lipinski definition) is 7. The van der Waals surface area contributed by atoms with Gasteiger partial charge in [-0.3, -0.25) is 0 Å². The molecule has 0 spiro atoms. The van der Waals surface area contributed by atoms with Crippen LogP contribution in [0.15, 0.2) is 16.8 Å². The SMILES string of the molecule is CC(C)c1noc([C@]23CCC[C@H]2CN(c2nccc(CO)n2)C3)n1. The van der Waals surface area contributed by atoms with E-state index in [-0.39, 0.29) is 17.9 Å². The molecule has 2 atom stereocenters. The number of rotatable bonds is 4. The van der Waals surface area contributed by atoms with Crippen LogP contribution in [-0.4, -0.2) is 38.3 Å². The van der Waals surface area contributed by atoms with Crippen molar-refractivity contribution < 1.29 is 9.63 Å². The quantitative estimate of drug-likeness (QED) is 0.918. The number of hydrogen-bond donors (Lipinski definition) is 1. The van der Waals surface area contributed by atoms with Gasteiger partial charge >= 0.3 is 0 Å². The van der Waals surface area contributed by atoms with E-state index in [0.29, 0.717) is 17.6 Å². The lowest BCUT2D eigenvalue weighted by atomic mass is 9.80. The minimum Gasteiger partial charge on any atom is -0.390 e. The molecule has 0 radical (unpaired) electrons. The summed E-state index contributed by atoms with van der Waals surface area (Å²) in [7, 11) is 0. The van der Waals surface area contributed by atoms with Gasteiger partial charge in [-0.15, -0.1) is 0 Å². The van der Waals surface area contributed by atoms with Crippen LogP contribution in [0, 0.1) is 5.92 Å². The van der Waals surface area contributed by atoms with E-state index in [2.05, 4.69) is 33.9 Å². The summed E-state index contributed by atoms with van der Waals surface area (Å²) in [6.45, 7) is 5.78. The maximum Gasteiger partial charge on any atom is 0.235 e. The van der Waals surface area contributed by atoms with Crippen LogP contribution in [0.25, 0.3) is 0 Å². The van der Waals surface area contributed by atoms with E-state index >= 15 is 0 Å². The van der Waals surface area contributed by atoms with E-state index in [9.17, 15) is 5.11 Å². The van der Waals surface area contributed by atoms with Crippen molar-refractivity contribution in [2.24, 2.45) is 5.92 Å². The molecule has 1 saturated heterocycles. The van der Waals surface area contributed by atoms with Gasteiger partial charge in [-0.05, 0) is 24.8 Å². The van der Waals surface area contributed by atoms with Crippen LogP contribution in [0.4, 0.5) is 5.95 Å². The molecule has 24 heavy (non-hydrogen) atoms. The molecule has 2 fully saturated rings. The summed E-state index contributed by atoms with van der Waals surface area (Å²) in [5.41, 5.74) is 0.560. The number of aromatic nitrogens is 4. The molecule has 0 unspecified atom stereocenters. The molecule has 0 bridgehead atoms. The lowest BCUT2D eigenvalue weighted by molar-refractivity contribution is 0.264. The monoisotopic (exact) mass is 329 g/mol. The minimum absolute atomic E-state index is 0.0701. The van der Waals surface area contributed by atoms with Crippen LogP contribution in [-0.2, 0) is 12.0 Å². The molecule has 7 nitrogen and oxygen atoms in total. The van der Waals surface area contributed by atoms with Gasteiger partial charge in [-0.2, -0.15) is 4.98 Å². The minimum atomic E-state index is -0.0846. The smallest absolute Gasteiger partial charge is 0.235 e. The number of fused-ring (bicyclic) bond motifs is 1. The highest BCUT2D eigenvalue weighted by Crippen LogP contribution is 2.50. The van der Waals surface area contributed by atoms with E-state index in [1.54, 1.807) is 12.3 Å². The maximum atomic E-state index is 9.31. The van der Waals surface area contributed by atoms with Gasteiger partial charge in [0.05, 0.1) is 17.7 Å². The largest absolute Gasteiger partial charge is 0.390 e. The molecular weight excluding hydrogens is 306 g/mol. The van der Waals surface area contributed by atoms with Crippen molar-refractivity contribution in [3.63, 3.8) is 0 Å². The first-order chi connectivity index (χ1) is 11.6. The van der Waals surface area contributed by atoms with Crippen LogP contribution < -0.4 is 4.90 Å². The van der Waals surface area contributed by atoms with Gasteiger partial charge in [0.25, 0.3) is 0 Å². The lowest BCUT2D eigenvalue weighted by Gasteiger charge is -2.24. The molecule has 2 aromatic rings. The van der Waals surface area contributed by atoms with Crippen molar-refractivity contribution in [2.75, 3.05) is 18.0 Å². The average molecular weight is 329 g/mol. The van der Waals surface area contributed by atoms with Gasteiger partial charge in [0, 0.05) is 25.2 Å². The molecular formula is C17H23N5O2. The zero-order chi connectivity index (χ0) is 16.7. The fourth-order valence-corrected chi connectivity index (χ4v) is 4.09. The van der Waals surface area contributed by atoms with Gasteiger partial charge in [0.1, 0.15) is 0 Å². The molecule has 1 saturated carbocycles. The Labute approximate surface area is 141 Å². The van der Waals surface area contributed by atoms with Crippen molar-refractivity contribution in [2.45, 2.75) is 51.0 Å². The van der Waals surface area contributed by atoms with Gasteiger partial charge in [0.15, 0.2) is 5.82 Å². The average Bonchev–Trinajstić information content (AvgIpc) is 3.28. The van der Waals surface area contributed by atoms with E-state index in [1.165, 1.54) is 6.42 Å². The van der Waals surface area contributed by atoms with Crippen LogP contribution in [0.3, 0.4) is 0 Å². The van der Waals surface area contributed by atoms with Gasteiger partial charge in [-0.1, -0.05) is 25.4 Å². The molecule has 0 amide bonds. The van der Waals surface area contributed by atoms with Gasteiger partial charge < -0.3 is 14.5 Å². The standard InChI is InChI=1S/C17H23N5O2/c1-11(2)14-20-15(24-21-14)17-6-3-4-12(17)8-22(10-17)16-18-7-5-13(9-23)19-16/h5,7,11-12,23H,3-4,6,8-10H2,1-2H3/t12-,17-/m0/s1. The van der Waals surface area contributed by atoms with E-state index in [1.807, 2.05) is 0 Å². The lowest BCUT2D eigenvalue weighted by Crippen LogP contribution is -2.33. The summed E-state index contributed by atoms with van der Waals surface area (Å²) in [5.74, 6) is 2.98. The van der Waals surface area contributed by atoms with Crippen LogP contribution in [0.2, 0.25) is 0 Å². The van der Waals surface area contributed by atoms with Crippen LogP contribution in [0.5, 0.6) is 0 Å². The maximum absolute atomic E-state index is 9.31. The van der Waals surface area contributed by atoms with Crippen molar-refractivity contribution in [3.05, 3.63) is 29.7 Å². The Morgan fingerprint density at radius 2 is 2.29 bits per heavy atom. The molecule has 128 valence electrons. The third-order valence-electron chi connectivity index (χ3n) is 5.40. The number of aliphatic hydroxyl groups is 1. The predicted octanol–water partition coefficient (Wildman–Crippen LogP) is 2.03. The zero-order valence-corrected chi connectivity index (χ0v) is 14.1. The second-order valence-electron chi connectivity index (χ2n) is 7.24. The molecule has 0 aromatic carbocycles. The summed E-state index contributed by atoms with van der Waals surface area (Å²) < 4.78 is 5.68. The highest BCUT2D eigenvalue weighted by atomic mass is 16.5. The van der Waals surface area contributed by atoms with E-state index < -0.39 is 0 Å². The Hall–Kier alpha value is -2.02. The highest BCUT2D eigenvalue weighted by Gasteiger charge is 2.54. The second kappa shape index (κ2) is 5.81. The molecule has 7 heteroatoms. The Morgan fingerprint density at radius 1 is 1.42 bits per heavy atom. The normalized spacial score (nSPS) is 26.3. The molecule has 1 N–H and O–H groups in total. The number of anilines is 1. The highest BCUT2D eigenvalue weighted by molar-refractivity contribution is 5.38. The van der Waals surface area contributed by atoms with Gasteiger partial charge in [0.2, 0.25) is 11.8 Å².